The molecule has 1 heterocycles. The third-order valence-corrected chi connectivity index (χ3v) is 3.27. The van der Waals surface area contributed by atoms with Crippen LogP contribution in [0.15, 0.2) is 35.7 Å². The van der Waals surface area contributed by atoms with Crippen molar-refractivity contribution in [2.24, 2.45) is 0 Å². The van der Waals surface area contributed by atoms with E-state index in [1.165, 1.54) is 23.5 Å². The van der Waals surface area contributed by atoms with E-state index in [0.717, 1.165) is 10.6 Å². The molecule has 6 heteroatoms. The van der Waals surface area contributed by atoms with Gasteiger partial charge in [-0.3, -0.25) is 0 Å². The van der Waals surface area contributed by atoms with Crippen molar-refractivity contribution < 1.29 is 13.5 Å². The van der Waals surface area contributed by atoms with Gasteiger partial charge in [0.25, 0.3) is 0 Å². The van der Waals surface area contributed by atoms with Crippen molar-refractivity contribution in [1.82, 2.24) is 0 Å². The SMILES string of the molecule is N#Cc1csc(CNc2ccc(OC(F)F)cc2)c1. The summed E-state index contributed by atoms with van der Waals surface area (Å²) in [7, 11) is 0. The number of thiophene rings is 1. The second kappa shape index (κ2) is 6.16. The Labute approximate surface area is 113 Å². The zero-order chi connectivity index (χ0) is 13.7. The first-order valence-corrected chi connectivity index (χ1v) is 6.31. The number of nitrogens with zero attached hydrogens (tertiary/aromatic N) is 1. The number of alkyl halides is 2. The van der Waals surface area contributed by atoms with Crippen LogP contribution in [0.5, 0.6) is 5.75 Å². The zero-order valence-electron chi connectivity index (χ0n) is 9.77. The first-order valence-electron chi connectivity index (χ1n) is 5.43. The molecule has 0 aliphatic heterocycles. The van der Waals surface area contributed by atoms with Crippen LogP contribution in [0.4, 0.5) is 14.5 Å². The molecule has 0 aliphatic rings. The third-order valence-electron chi connectivity index (χ3n) is 2.33. The molecule has 1 aromatic carbocycles. The van der Waals surface area contributed by atoms with Gasteiger partial charge in [0.2, 0.25) is 0 Å². The molecule has 2 rings (SSSR count). The first kappa shape index (κ1) is 13.3. The van der Waals surface area contributed by atoms with Gasteiger partial charge in [-0.25, -0.2) is 0 Å². The highest BCUT2D eigenvalue weighted by molar-refractivity contribution is 7.10. The van der Waals surface area contributed by atoms with Crippen molar-refractivity contribution in [1.29, 1.82) is 5.26 Å². The number of ether oxygens (including phenoxy) is 1. The van der Waals surface area contributed by atoms with E-state index in [1.54, 1.807) is 17.5 Å². The van der Waals surface area contributed by atoms with E-state index in [9.17, 15) is 8.78 Å². The first-order chi connectivity index (χ1) is 9.17. The summed E-state index contributed by atoms with van der Waals surface area (Å²) < 4.78 is 28.2. The van der Waals surface area contributed by atoms with E-state index in [1.807, 2.05) is 6.07 Å². The van der Waals surface area contributed by atoms with Crippen LogP contribution in [-0.2, 0) is 6.54 Å². The average Bonchev–Trinajstić information content (AvgIpc) is 2.85. The van der Waals surface area contributed by atoms with Gasteiger partial charge in [-0.05, 0) is 30.3 Å². The predicted octanol–water partition coefficient (Wildman–Crippen LogP) is 3.83. The second-order valence-electron chi connectivity index (χ2n) is 3.67. The van der Waals surface area contributed by atoms with Gasteiger partial charge < -0.3 is 10.1 Å². The summed E-state index contributed by atoms with van der Waals surface area (Å²) in [6.45, 7) is -2.23. The van der Waals surface area contributed by atoms with E-state index < -0.39 is 6.61 Å². The Morgan fingerprint density at radius 3 is 2.63 bits per heavy atom. The van der Waals surface area contributed by atoms with Gasteiger partial charge in [0.1, 0.15) is 11.8 Å². The Morgan fingerprint density at radius 1 is 1.32 bits per heavy atom. The molecule has 98 valence electrons. The molecule has 2 aromatic rings. The maximum atomic E-state index is 12.0. The van der Waals surface area contributed by atoms with Gasteiger partial charge in [-0.15, -0.1) is 11.3 Å². The van der Waals surface area contributed by atoms with Crippen molar-refractivity contribution in [2.75, 3.05) is 5.32 Å². The van der Waals surface area contributed by atoms with Gasteiger partial charge >= 0.3 is 6.61 Å². The maximum Gasteiger partial charge on any atom is 0.387 e. The van der Waals surface area contributed by atoms with Gasteiger partial charge in [0.15, 0.2) is 0 Å². The van der Waals surface area contributed by atoms with Gasteiger partial charge in [0.05, 0.1) is 5.56 Å². The fourth-order valence-corrected chi connectivity index (χ4v) is 2.22. The number of benzene rings is 1. The molecule has 1 N–H and O–H groups in total. The molecule has 0 spiro atoms. The molecule has 0 radical (unpaired) electrons. The van der Waals surface area contributed by atoms with Crippen molar-refractivity contribution in [3.8, 4) is 11.8 Å². The Hall–Kier alpha value is -2.13. The molecule has 0 amide bonds. The van der Waals surface area contributed by atoms with Crippen LogP contribution < -0.4 is 10.1 Å². The number of hydrogen-bond donors (Lipinski definition) is 1. The fraction of sp³-hybridized carbons (Fsp3) is 0.154. The molecule has 1 aromatic heterocycles. The average molecular weight is 280 g/mol. The normalized spacial score (nSPS) is 10.2. The van der Waals surface area contributed by atoms with Crippen molar-refractivity contribution in [2.45, 2.75) is 13.2 Å². The summed E-state index contributed by atoms with van der Waals surface area (Å²) in [5.41, 5.74) is 1.44. The van der Waals surface area contributed by atoms with Crippen LogP contribution in [0.3, 0.4) is 0 Å². The molecule has 0 saturated heterocycles. The van der Waals surface area contributed by atoms with E-state index >= 15 is 0 Å². The second-order valence-corrected chi connectivity index (χ2v) is 4.67. The number of anilines is 1. The Bertz CT molecular complexity index is 575. The highest BCUT2D eigenvalue weighted by Gasteiger charge is 2.04. The Morgan fingerprint density at radius 2 is 2.05 bits per heavy atom. The minimum atomic E-state index is -2.81. The molecule has 19 heavy (non-hydrogen) atoms. The van der Waals surface area contributed by atoms with E-state index in [2.05, 4.69) is 16.1 Å². The standard InChI is InChI=1S/C13H10F2N2OS/c14-13(15)18-11-3-1-10(2-4-11)17-7-12-5-9(6-16)8-19-12/h1-5,8,13,17H,7H2. The van der Waals surface area contributed by atoms with Crippen LogP contribution >= 0.6 is 11.3 Å². The van der Waals surface area contributed by atoms with E-state index in [4.69, 9.17) is 5.26 Å². The van der Waals surface area contributed by atoms with Crippen molar-refractivity contribution in [3.63, 3.8) is 0 Å². The molecule has 0 atom stereocenters. The zero-order valence-corrected chi connectivity index (χ0v) is 10.6. The summed E-state index contributed by atoms with van der Waals surface area (Å²) in [6.07, 6.45) is 0. The van der Waals surface area contributed by atoms with Crippen LogP contribution in [0, 0.1) is 11.3 Å². The molecule has 0 aliphatic carbocycles. The predicted molar refractivity (Wildman–Crippen MR) is 69.4 cm³/mol. The summed E-state index contributed by atoms with van der Waals surface area (Å²) in [5, 5.41) is 13.6. The molecule has 0 bridgehead atoms. The molecule has 0 fully saturated rings. The topological polar surface area (TPSA) is 45.0 Å². The Kier molecular flexibility index (Phi) is 4.31. The minimum absolute atomic E-state index is 0.128. The fourth-order valence-electron chi connectivity index (χ4n) is 1.48. The lowest BCUT2D eigenvalue weighted by atomic mass is 10.3. The van der Waals surface area contributed by atoms with Gasteiger partial charge in [-0.2, -0.15) is 14.0 Å². The van der Waals surface area contributed by atoms with Gasteiger partial charge in [0, 0.05) is 22.5 Å². The number of nitrogens with one attached hydrogen (secondary N) is 1. The van der Waals surface area contributed by atoms with Crippen LogP contribution in [0.2, 0.25) is 0 Å². The molecule has 3 nitrogen and oxygen atoms in total. The van der Waals surface area contributed by atoms with Crippen molar-refractivity contribution in [3.05, 3.63) is 46.2 Å². The van der Waals surface area contributed by atoms with Gasteiger partial charge in [-0.1, -0.05) is 0 Å². The lowest BCUT2D eigenvalue weighted by Gasteiger charge is -2.07. The minimum Gasteiger partial charge on any atom is -0.435 e. The summed E-state index contributed by atoms with van der Waals surface area (Å²) >= 11 is 1.50. The highest BCUT2D eigenvalue weighted by Crippen LogP contribution is 2.19. The largest absolute Gasteiger partial charge is 0.435 e. The maximum absolute atomic E-state index is 12.0. The number of rotatable bonds is 5. The van der Waals surface area contributed by atoms with E-state index in [0.29, 0.717) is 12.1 Å². The molecule has 0 saturated carbocycles. The quantitative estimate of drug-likeness (QED) is 0.905. The van der Waals surface area contributed by atoms with Crippen LogP contribution in [0.25, 0.3) is 0 Å². The number of hydrogen-bond acceptors (Lipinski definition) is 4. The molecule has 0 unspecified atom stereocenters. The lowest BCUT2D eigenvalue weighted by Crippen LogP contribution is -2.02. The summed E-state index contributed by atoms with van der Waals surface area (Å²) in [4.78, 5) is 1.03. The highest BCUT2D eigenvalue weighted by atomic mass is 32.1. The summed E-state index contributed by atoms with van der Waals surface area (Å²) in [6, 6.07) is 10.2. The van der Waals surface area contributed by atoms with E-state index in [-0.39, 0.29) is 5.75 Å². The van der Waals surface area contributed by atoms with Crippen LogP contribution in [0.1, 0.15) is 10.4 Å². The summed E-state index contributed by atoms with van der Waals surface area (Å²) in [5.74, 6) is 0.128. The Balaban J connectivity index is 1.91. The smallest absolute Gasteiger partial charge is 0.387 e. The number of halogens is 2. The van der Waals surface area contributed by atoms with Crippen LogP contribution in [-0.4, -0.2) is 6.61 Å². The molecular weight excluding hydrogens is 270 g/mol. The monoisotopic (exact) mass is 280 g/mol. The lowest BCUT2D eigenvalue weighted by molar-refractivity contribution is -0.0498. The van der Waals surface area contributed by atoms with Crippen molar-refractivity contribution >= 4 is 17.0 Å². The number of nitriles is 1. The molecular formula is C13H10F2N2OS. The third kappa shape index (κ3) is 3.93.